The molecule has 1 aliphatic rings. The number of H-pyrrole nitrogens is 1. The number of hydrogen-bond donors (Lipinski definition) is 5. The quantitative estimate of drug-likeness (QED) is 0.448. The molecule has 2 heterocycles. The first kappa shape index (κ1) is 18.6. The molecule has 9 heteroatoms. The molecule has 0 radical (unpaired) electrons. The summed E-state index contributed by atoms with van der Waals surface area (Å²) in [6.45, 7) is -0.524. The van der Waals surface area contributed by atoms with E-state index in [4.69, 9.17) is 14.2 Å². The molecule has 0 aliphatic carbocycles. The van der Waals surface area contributed by atoms with E-state index in [2.05, 4.69) is 9.97 Å². The SMILES string of the molecule is COc1cc(Cc2ncc[nH]2)ccc1O[C@@H]1O[C@H](CO)[C@@H](O)[C@H](O)[C@H]1O. The number of ether oxygens (including phenoxy) is 3. The average molecular weight is 366 g/mol. The Bertz CT molecular complexity index is 707. The van der Waals surface area contributed by atoms with E-state index in [0.29, 0.717) is 17.9 Å². The molecule has 1 saturated heterocycles. The van der Waals surface area contributed by atoms with Crippen LogP contribution in [0.2, 0.25) is 0 Å². The lowest BCUT2D eigenvalue weighted by molar-refractivity contribution is -0.277. The van der Waals surface area contributed by atoms with E-state index in [1.807, 2.05) is 6.07 Å². The van der Waals surface area contributed by atoms with Crippen LogP contribution in [-0.2, 0) is 11.2 Å². The molecule has 142 valence electrons. The number of aliphatic hydroxyl groups excluding tert-OH is 4. The van der Waals surface area contributed by atoms with Crippen LogP contribution in [-0.4, -0.2) is 74.8 Å². The molecule has 2 aromatic rings. The van der Waals surface area contributed by atoms with Gasteiger partial charge in [-0.05, 0) is 17.7 Å². The molecule has 9 nitrogen and oxygen atoms in total. The second kappa shape index (κ2) is 8.02. The number of methoxy groups -OCH3 is 1. The maximum Gasteiger partial charge on any atom is 0.229 e. The van der Waals surface area contributed by atoms with Crippen molar-refractivity contribution in [3.63, 3.8) is 0 Å². The number of nitrogens with zero attached hydrogens (tertiary/aromatic N) is 1. The molecule has 26 heavy (non-hydrogen) atoms. The Labute approximate surface area is 149 Å². The second-order valence-electron chi connectivity index (χ2n) is 6.01. The van der Waals surface area contributed by atoms with Crippen LogP contribution in [0, 0.1) is 0 Å². The van der Waals surface area contributed by atoms with Crippen molar-refractivity contribution in [3.05, 3.63) is 42.0 Å². The van der Waals surface area contributed by atoms with Crippen LogP contribution >= 0.6 is 0 Å². The fraction of sp³-hybridized carbons (Fsp3) is 0.471. The topological polar surface area (TPSA) is 137 Å². The zero-order chi connectivity index (χ0) is 18.7. The lowest BCUT2D eigenvalue weighted by Crippen LogP contribution is -2.60. The van der Waals surface area contributed by atoms with Crippen molar-refractivity contribution in [2.75, 3.05) is 13.7 Å². The first-order chi connectivity index (χ1) is 12.5. The largest absolute Gasteiger partial charge is 0.493 e. The Hall–Kier alpha value is -2.17. The van der Waals surface area contributed by atoms with Gasteiger partial charge in [0.25, 0.3) is 0 Å². The number of aliphatic hydroxyl groups is 4. The van der Waals surface area contributed by atoms with Crippen molar-refractivity contribution < 1.29 is 34.6 Å². The third kappa shape index (κ3) is 3.81. The van der Waals surface area contributed by atoms with Crippen molar-refractivity contribution in [1.82, 2.24) is 9.97 Å². The van der Waals surface area contributed by atoms with Gasteiger partial charge < -0.3 is 39.6 Å². The zero-order valence-corrected chi connectivity index (χ0v) is 14.1. The molecule has 1 aromatic carbocycles. The smallest absolute Gasteiger partial charge is 0.229 e. The first-order valence-electron chi connectivity index (χ1n) is 8.15. The molecule has 0 unspecified atom stereocenters. The number of aromatic nitrogens is 2. The van der Waals surface area contributed by atoms with Crippen LogP contribution in [0.3, 0.4) is 0 Å². The van der Waals surface area contributed by atoms with Gasteiger partial charge >= 0.3 is 0 Å². The predicted octanol–water partition coefficient (Wildman–Crippen LogP) is -0.812. The molecule has 1 aromatic heterocycles. The first-order valence-corrected chi connectivity index (χ1v) is 8.15. The zero-order valence-electron chi connectivity index (χ0n) is 14.1. The van der Waals surface area contributed by atoms with E-state index in [0.717, 1.165) is 11.4 Å². The van der Waals surface area contributed by atoms with E-state index in [9.17, 15) is 20.4 Å². The molecule has 0 amide bonds. The van der Waals surface area contributed by atoms with Crippen LogP contribution in [0.25, 0.3) is 0 Å². The minimum atomic E-state index is -1.50. The maximum atomic E-state index is 10.1. The molecule has 0 bridgehead atoms. The molecule has 5 N–H and O–H groups in total. The summed E-state index contributed by atoms with van der Waals surface area (Å²) in [7, 11) is 1.48. The van der Waals surface area contributed by atoms with E-state index >= 15 is 0 Å². The fourth-order valence-electron chi connectivity index (χ4n) is 2.80. The van der Waals surface area contributed by atoms with Gasteiger partial charge in [-0.15, -0.1) is 0 Å². The van der Waals surface area contributed by atoms with Crippen LogP contribution in [0.1, 0.15) is 11.4 Å². The number of imidazole rings is 1. The van der Waals surface area contributed by atoms with Crippen LogP contribution in [0.5, 0.6) is 11.5 Å². The minimum Gasteiger partial charge on any atom is -0.493 e. The van der Waals surface area contributed by atoms with Crippen molar-refractivity contribution in [2.24, 2.45) is 0 Å². The molecule has 0 spiro atoms. The van der Waals surface area contributed by atoms with Crippen molar-refractivity contribution in [1.29, 1.82) is 0 Å². The summed E-state index contributed by atoms with van der Waals surface area (Å²) in [5.41, 5.74) is 0.929. The van der Waals surface area contributed by atoms with Gasteiger partial charge in [0, 0.05) is 18.8 Å². The minimum absolute atomic E-state index is 0.292. The Kier molecular flexibility index (Phi) is 5.74. The van der Waals surface area contributed by atoms with E-state index < -0.39 is 37.3 Å². The summed E-state index contributed by atoms with van der Waals surface area (Å²) in [5.74, 6) is 1.50. The molecular formula is C17H22N2O7. The summed E-state index contributed by atoms with van der Waals surface area (Å²) >= 11 is 0. The number of hydrogen-bond acceptors (Lipinski definition) is 8. The average Bonchev–Trinajstić information content (AvgIpc) is 3.16. The summed E-state index contributed by atoms with van der Waals surface area (Å²) in [6, 6.07) is 5.23. The van der Waals surface area contributed by atoms with Gasteiger partial charge in [-0.3, -0.25) is 0 Å². The Morgan fingerprint density at radius 1 is 1.15 bits per heavy atom. The lowest BCUT2D eigenvalue weighted by Gasteiger charge is -2.39. The highest BCUT2D eigenvalue weighted by Crippen LogP contribution is 2.32. The van der Waals surface area contributed by atoms with E-state index in [1.165, 1.54) is 7.11 Å². The van der Waals surface area contributed by atoms with Crippen LogP contribution in [0.4, 0.5) is 0 Å². The Morgan fingerprint density at radius 3 is 2.62 bits per heavy atom. The lowest BCUT2D eigenvalue weighted by atomic mass is 9.99. The van der Waals surface area contributed by atoms with E-state index in [-0.39, 0.29) is 0 Å². The molecule has 3 rings (SSSR count). The third-order valence-corrected chi connectivity index (χ3v) is 4.25. The van der Waals surface area contributed by atoms with Crippen molar-refractivity contribution in [2.45, 2.75) is 37.1 Å². The molecule has 1 aliphatic heterocycles. The normalized spacial score (nSPS) is 28.7. The molecule has 5 atom stereocenters. The third-order valence-electron chi connectivity index (χ3n) is 4.25. The molecule has 0 saturated carbocycles. The van der Waals surface area contributed by atoms with Crippen LogP contribution in [0.15, 0.2) is 30.6 Å². The Morgan fingerprint density at radius 2 is 1.96 bits per heavy atom. The number of benzene rings is 1. The summed E-state index contributed by atoms with van der Waals surface area (Å²) in [5, 5.41) is 39.0. The van der Waals surface area contributed by atoms with Gasteiger partial charge in [-0.25, -0.2) is 4.98 Å². The summed E-state index contributed by atoms with van der Waals surface area (Å²) < 4.78 is 16.3. The van der Waals surface area contributed by atoms with Gasteiger partial charge in [-0.2, -0.15) is 0 Å². The molecular weight excluding hydrogens is 344 g/mol. The summed E-state index contributed by atoms with van der Waals surface area (Å²) in [6.07, 6.45) is -2.75. The van der Waals surface area contributed by atoms with Crippen molar-refractivity contribution >= 4 is 0 Å². The van der Waals surface area contributed by atoms with Crippen LogP contribution < -0.4 is 9.47 Å². The van der Waals surface area contributed by atoms with Gasteiger partial charge in [0.15, 0.2) is 11.5 Å². The maximum absolute atomic E-state index is 10.1. The monoisotopic (exact) mass is 366 g/mol. The predicted molar refractivity (Wildman–Crippen MR) is 88.8 cm³/mol. The number of rotatable bonds is 6. The summed E-state index contributed by atoms with van der Waals surface area (Å²) in [4.78, 5) is 7.19. The number of aromatic amines is 1. The molecule has 1 fully saturated rings. The number of nitrogens with one attached hydrogen (secondary N) is 1. The Balaban J connectivity index is 1.76. The highest BCUT2D eigenvalue weighted by molar-refractivity contribution is 5.43. The van der Waals surface area contributed by atoms with Gasteiger partial charge in [0.05, 0.1) is 13.7 Å². The second-order valence-corrected chi connectivity index (χ2v) is 6.01. The highest BCUT2D eigenvalue weighted by Gasteiger charge is 2.44. The van der Waals surface area contributed by atoms with Gasteiger partial charge in [0.2, 0.25) is 6.29 Å². The van der Waals surface area contributed by atoms with Gasteiger partial charge in [-0.1, -0.05) is 6.07 Å². The standard InChI is InChI=1S/C17H22N2O7/c1-24-11-6-9(7-13-18-4-5-19-13)2-3-10(11)25-17-16(23)15(22)14(21)12(8-20)26-17/h2-6,12,14-17,20-23H,7-8H2,1H3,(H,18,19)/t12-,14-,15+,16-,17-/m1/s1. The van der Waals surface area contributed by atoms with Crippen molar-refractivity contribution in [3.8, 4) is 11.5 Å². The highest BCUT2D eigenvalue weighted by atomic mass is 16.7. The fourth-order valence-corrected chi connectivity index (χ4v) is 2.80. The van der Waals surface area contributed by atoms with E-state index in [1.54, 1.807) is 24.5 Å². The van der Waals surface area contributed by atoms with Gasteiger partial charge in [0.1, 0.15) is 30.2 Å².